The van der Waals surface area contributed by atoms with E-state index in [0.29, 0.717) is 18.9 Å². The van der Waals surface area contributed by atoms with Gasteiger partial charge in [0.15, 0.2) is 0 Å². The summed E-state index contributed by atoms with van der Waals surface area (Å²) in [5, 5.41) is 16.0. The lowest BCUT2D eigenvalue weighted by Crippen LogP contribution is -2.40. The van der Waals surface area contributed by atoms with Gasteiger partial charge in [-0.1, -0.05) is 42.5 Å². The van der Waals surface area contributed by atoms with Crippen molar-refractivity contribution in [1.29, 1.82) is 0 Å². The van der Waals surface area contributed by atoms with Crippen molar-refractivity contribution < 1.29 is 14.6 Å². The molecule has 2 aromatic rings. The van der Waals surface area contributed by atoms with Crippen LogP contribution in [0.5, 0.6) is 0 Å². The molecule has 2 aromatic carbocycles. The van der Waals surface area contributed by atoms with Crippen molar-refractivity contribution in [3.63, 3.8) is 0 Å². The van der Waals surface area contributed by atoms with E-state index in [2.05, 4.69) is 10.6 Å². The maximum atomic E-state index is 12.1. The number of amides is 2. The molecule has 1 atom stereocenters. The maximum Gasteiger partial charge on any atom is 0.319 e. The van der Waals surface area contributed by atoms with Gasteiger partial charge in [0, 0.05) is 12.3 Å². The number of rotatable bonds is 7. The summed E-state index contributed by atoms with van der Waals surface area (Å²) in [6.45, 7) is 4.88. The Hall–Kier alpha value is -2.37. The van der Waals surface area contributed by atoms with Crippen LogP contribution in [0.2, 0.25) is 0 Å². The van der Waals surface area contributed by atoms with Crippen molar-refractivity contribution in [3.05, 3.63) is 65.7 Å². The lowest BCUT2D eigenvalue weighted by atomic mass is 9.96. The Bertz CT molecular complexity index is 657. The third kappa shape index (κ3) is 5.37. The van der Waals surface area contributed by atoms with Gasteiger partial charge in [-0.25, -0.2) is 4.79 Å². The smallest absolute Gasteiger partial charge is 0.319 e. The predicted molar refractivity (Wildman–Crippen MR) is 94.8 cm³/mol. The Morgan fingerprint density at radius 2 is 1.92 bits per heavy atom. The fourth-order valence-electron chi connectivity index (χ4n) is 2.29. The topological polar surface area (TPSA) is 70.6 Å². The predicted octanol–water partition coefficient (Wildman–Crippen LogP) is 3.25. The average Bonchev–Trinajstić information content (AvgIpc) is 2.59. The van der Waals surface area contributed by atoms with Crippen LogP contribution in [0.15, 0.2) is 54.6 Å². The highest BCUT2D eigenvalue weighted by atomic mass is 16.5. The monoisotopic (exact) mass is 328 g/mol. The summed E-state index contributed by atoms with van der Waals surface area (Å²) < 4.78 is 5.36. The van der Waals surface area contributed by atoms with Crippen molar-refractivity contribution in [2.75, 3.05) is 18.5 Å². The molecule has 128 valence electrons. The Labute approximate surface area is 142 Å². The highest BCUT2D eigenvalue weighted by Crippen LogP contribution is 2.19. The van der Waals surface area contributed by atoms with E-state index in [1.165, 1.54) is 0 Å². The SMILES string of the molecule is CCOCc1cccc(NC(=O)NCC(C)(O)c2ccccc2)c1. The number of anilines is 1. The Morgan fingerprint density at radius 3 is 2.62 bits per heavy atom. The quantitative estimate of drug-likeness (QED) is 0.730. The highest BCUT2D eigenvalue weighted by Gasteiger charge is 2.23. The van der Waals surface area contributed by atoms with Crippen LogP contribution in [-0.4, -0.2) is 24.3 Å². The number of nitrogens with one attached hydrogen (secondary N) is 2. The zero-order valence-corrected chi connectivity index (χ0v) is 14.1. The van der Waals surface area contributed by atoms with Gasteiger partial charge in [0.25, 0.3) is 0 Å². The molecule has 1 unspecified atom stereocenters. The summed E-state index contributed by atoms with van der Waals surface area (Å²) in [6.07, 6.45) is 0. The van der Waals surface area contributed by atoms with Gasteiger partial charge in [-0.15, -0.1) is 0 Å². The summed E-state index contributed by atoms with van der Waals surface area (Å²) in [5.74, 6) is 0. The van der Waals surface area contributed by atoms with E-state index in [-0.39, 0.29) is 12.6 Å². The first-order valence-corrected chi connectivity index (χ1v) is 8.00. The van der Waals surface area contributed by atoms with Crippen molar-refractivity contribution in [1.82, 2.24) is 5.32 Å². The number of hydrogen-bond acceptors (Lipinski definition) is 3. The molecule has 5 nitrogen and oxygen atoms in total. The molecule has 5 heteroatoms. The van der Waals surface area contributed by atoms with E-state index in [0.717, 1.165) is 11.1 Å². The molecule has 0 saturated carbocycles. The molecule has 3 N–H and O–H groups in total. The van der Waals surface area contributed by atoms with Gasteiger partial charge < -0.3 is 20.5 Å². The lowest BCUT2D eigenvalue weighted by molar-refractivity contribution is 0.0599. The van der Waals surface area contributed by atoms with Crippen LogP contribution in [0.3, 0.4) is 0 Å². The average molecular weight is 328 g/mol. The number of benzene rings is 2. The van der Waals surface area contributed by atoms with Gasteiger partial charge in [-0.2, -0.15) is 0 Å². The zero-order chi connectivity index (χ0) is 17.4. The molecule has 0 radical (unpaired) electrons. The first kappa shape index (κ1) is 18.0. The molecule has 0 aliphatic rings. The molecular formula is C19H24N2O3. The first-order chi connectivity index (χ1) is 11.5. The second-order valence-corrected chi connectivity index (χ2v) is 5.79. The number of ether oxygens (including phenoxy) is 1. The van der Waals surface area contributed by atoms with Crippen LogP contribution >= 0.6 is 0 Å². The second-order valence-electron chi connectivity index (χ2n) is 5.79. The molecule has 0 heterocycles. The second kappa shape index (κ2) is 8.47. The van der Waals surface area contributed by atoms with E-state index in [4.69, 9.17) is 4.74 Å². The minimum absolute atomic E-state index is 0.113. The molecule has 0 fully saturated rings. The molecule has 24 heavy (non-hydrogen) atoms. The third-order valence-corrected chi connectivity index (χ3v) is 3.65. The number of carbonyl (C=O) groups excluding carboxylic acids is 1. The molecule has 0 aliphatic heterocycles. The van der Waals surface area contributed by atoms with Gasteiger partial charge in [-0.05, 0) is 37.1 Å². The van der Waals surface area contributed by atoms with Crippen LogP contribution in [0, 0.1) is 0 Å². The van der Waals surface area contributed by atoms with Gasteiger partial charge in [-0.3, -0.25) is 0 Å². The van der Waals surface area contributed by atoms with Crippen LogP contribution in [-0.2, 0) is 16.9 Å². The summed E-state index contributed by atoms with van der Waals surface area (Å²) in [7, 11) is 0. The van der Waals surface area contributed by atoms with E-state index < -0.39 is 5.60 Å². The van der Waals surface area contributed by atoms with Gasteiger partial charge in [0.2, 0.25) is 0 Å². The number of hydrogen-bond donors (Lipinski definition) is 3. The van der Waals surface area contributed by atoms with Gasteiger partial charge in [0.1, 0.15) is 5.60 Å². The molecule has 0 saturated heterocycles. The standard InChI is InChI=1S/C19H24N2O3/c1-3-24-13-15-8-7-11-17(12-15)21-18(22)20-14-19(2,23)16-9-5-4-6-10-16/h4-12,23H,3,13-14H2,1-2H3,(H2,20,21,22). The molecule has 0 bridgehead atoms. The van der Waals surface area contributed by atoms with Crippen LogP contribution in [0.25, 0.3) is 0 Å². The third-order valence-electron chi connectivity index (χ3n) is 3.65. The molecule has 0 aromatic heterocycles. The van der Waals surface area contributed by atoms with Crippen LogP contribution in [0.4, 0.5) is 10.5 Å². The molecule has 2 rings (SSSR count). The van der Waals surface area contributed by atoms with E-state index in [1.54, 1.807) is 6.92 Å². The molecule has 2 amide bonds. The summed E-state index contributed by atoms with van der Waals surface area (Å²) in [4.78, 5) is 12.1. The summed E-state index contributed by atoms with van der Waals surface area (Å²) in [6, 6.07) is 16.4. The Balaban J connectivity index is 1.89. The minimum atomic E-state index is -1.13. The minimum Gasteiger partial charge on any atom is -0.384 e. The van der Waals surface area contributed by atoms with E-state index >= 15 is 0 Å². The van der Waals surface area contributed by atoms with E-state index in [9.17, 15) is 9.90 Å². The molecular weight excluding hydrogens is 304 g/mol. The largest absolute Gasteiger partial charge is 0.384 e. The van der Waals surface area contributed by atoms with Crippen molar-refractivity contribution >= 4 is 11.7 Å². The van der Waals surface area contributed by atoms with Crippen LogP contribution in [0.1, 0.15) is 25.0 Å². The van der Waals surface area contributed by atoms with Gasteiger partial charge in [0.05, 0.1) is 13.2 Å². The molecule has 0 spiro atoms. The van der Waals surface area contributed by atoms with Crippen molar-refractivity contribution in [3.8, 4) is 0 Å². The fraction of sp³-hybridized carbons (Fsp3) is 0.316. The Kier molecular flexibility index (Phi) is 6.35. The van der Waals surface area contributed by atoms with Gasteiger partial charge >= 0.3 is 6.03 Å². The van der Waals surface area contributed by atoms with Crippen molar-refractivity contribution in [2.45, 2.75) is 26.1 Å². The Morgan fingerprint density at radius 1 is 1.17 bits per heavy atom. The lowest BCUT2D eigenvalue weighted by Gasteiger charge is -2.24. The highest BCUT2D eigenvalue weighted by molar-refractivity contribution is 5.89. The first-order valence-electron chi connectivity index (χ1n) is 8.00. The number of carbonyl (C=O) groups is 1. The fourth-order valence-corrected chi connectivity index (χ4v) is 2.29. The number of aliphatic hydroxyl groups is 1. The number of urea groups is 1. The summed E-state index contributed by atoms with van der Waals surface area (Å²) in [5.41, 5.74) is 1.30. The normalized spacial score (nSPS) is 13.1. The maximum absolute atomic E-state index is 12.1. The zero-order valence-electron chi connectivity index (χ0n) is 14.1. The van der Waals surface area contributed by atoms with E-state index in [1.807, 2.05) is 61.5 Å². The van der Waals surface area contributed by atoms with Crippen LogP contribution < -0.4 is 10.6 Å². The molecule has 0 aliphatic carbocycles. The summed E-state index contributed by atoms with van der Waals surface area (Å²) >= 11 is 0. The van der Waals surface area contributed by atoms with Crippen molar-refractivity contribution in [2.24, 2.45) is 0 Å².